The highest BCUT2D eigenvalue weighted by atomic mass is 32.2. The van der Waals surface area contributed by atoms with E-state index in [1.54, 1.807) is 4.40 Å². The van der Waals surface area contributed by atoms with Crippen LogP contribution in [0.3, 0.4) is 0 Å². The molecule has 0 bridgehead atoms. The average molecular weight is 382 g/mol. The summed E-state index contributed by atoms with van der Waals surface area (Å²) in [4.78, 5) is 19.2. The topological polar surface area (TPSA) is 89.4 Å². The number of thioether (sulfide) groups is 1. The Morgan fingerprint density at radius 1 is 1.33 bits per heavy atom. The zero-order valence-electron chi connectivity index (χ0n) is 15.4. The third-order valence-electron chi connectivity index (χ3n) is 4.75. The summed E-state index contributed by atoms with van der Waals surface area (Å²) >= 11 is 1.34. The predicted molar refractivity (Wildman–Crippen MR) is 107 cm³/mol. The van der Waals surface area contributed by atoms with Gasteiger partial charge in [0.15, 0.2) is 10.8 Å². The zero-order valence-corrected chi connectivity index (χ0v) is 16.2. The molecule has 1 atom stereocenters. The van der Waals surface area contributed by atoms with Crippen molar-refractivity contribution in [2.75, 3.05) is 16.4 Å². The molecule has 1 aliphatic rings. The summed E-state index contributed by atoms with van der Waals surface area (Å²) in [6, 6.07) is 10.1. The molecule has 0 spiro atoms. The minimum atomic E-state index is 0.0586. The van der Waals surface area contributed by atoms with E-state index in [9.17, 15) is 4.79 Å². The van der Waals surface area contributed by atoms with Crippen LogP contribution in [-0.2, 0) is 17.6 Å². The number of anilines is 2. The third kappa shape index (κ3) is 3.25. The number of amides is 1. The van der Waals surface area contributed by atoms with Gasteiger partial charge in [0.25, 0.3) is 0 Å². The molecule has 0 fully saturated rings. The Bertz CT molecular complexity index is 1000. The summed E-state index contributed by atoms with van der Waals surface area (Å²) in [5.74, 6) is 0.689. The lowest BCUT2D eigenvalue weighted by Crippen LogP contribution is -2.37. The second kappa shape index (κ2) is 7.19. The van der Waals surface area contributed by atoms with Crippen LogP contribution < -0.4 is 10.6 Å². The summed E-state index contributed by atoms with van der Waals surface area (Å²) in [7, 11) is 0. The second-order valence-corrected chi connectivity index (χ2v) is 7.71. The van der Waals surface area contributed by atoms with Gasteiger partial charge in [-0.05, 0) is 31.4 Å². The predicted octanol–water partition coefficient (Wildman–Crippen LogP) is 2.73. The van der Waals surface area contributed by atoms with Gasteiger partial charge in [-0.1, -0.05) is 43.3 Å². The Hall–Kier alpha value is -2.61. The third-order valence-corrected chi connectivity index (χ3v) is 5.66. The van der Waals surface area contributed by atoms with Crippen molar-refractivity contribution in [3.05, 3.63) is 41.6 Å². The van der Waals surface area contributed by atoms with Gasteiger partial charge in [-0.25, -0.2) is 9.38 Å². The Balaban J connectivity index is 1.53. The van der Waals surface area contributed by atoms with Crippen molar-refractivity contribution in [2.45, 2.75) is 44.3 Å². The standard InChI is InChI=1S/C19H22N6OS/c1-3-6-14-10-16-22-23-19(25(16)18(20)21-14)27-11-17(26)24-12(2)9-13-7-4-5-8-15(13)24/h4-5,7-8,10,12H,3,6,9,11H2,1-2H3,(H2,20,21). The molecule has 1 aromatic carbocycles. The van der Waals surface area contributed by atoms with E-state index in [1.807, 2.05) is 29.2 Å². The highest BCUT2D eigenvalue weighted by Crippen LogP contribution is 2.32. The number of nitrogens with zero attached hydrogens (tertiary/aromatic N) is 5. The maximum Gasteiger partial charge on any atom is 0.237 e. The van der Waals surface area contributed by atoms with Crippen LogP contribution in [-0.4, -0.2) is 37.3 Å². The number of hydrogen-bond donors (Lipinski definition) is 1. The maximum atomic E-state index is 12.9. The van der Waals surface area contributed by atoms with Crippen LogP contribution in [0.2, 0.25) is 0 Å². The first kappa shape index (κ1) is 17.8. The van der Waals surface area contributed by atoms with E-state index >= 15 is 0 Å². The summed E-state index contributed by atoms with van der Waals surface area (Å²) in [5, 5.41) is 8.99. The Labute approximate surface area is 162 Å². The van der Waals surface area contributed by atoms with E-state index in [0.29, 0.717) is 16.8 Å². The molecule has 0 saturated carbocycles. The number of nitrogens with two attached hydrogens (primary N) is 1. The molecule has 2 aromatic heterocycles. The van der Waals surface area contributed by atoms with Crippen LogP contribution in [0.4, 0.5) is 11.6 Å². The van der Waals surface area contributed by atoms with Gasteiger partial charge in [0, 0.05) is 23.5 Å². The molecule has 0 radical (unpaired) electrons. The molecule has 1 aliphatic heterocycles. The summed E-state index contributed by atoms with van der Waals surface area (Å²) < 4.78 is 1.71. The molecule has 2 N–H and O–H groups in total. The maximum absolute atomic E-state index is 12.9. The second-order valence-electron chi connectivity index (χ2n) is 6.77. The highest BCUT2D eigenvalue weighted by molar-refractivity contribution is 7.99. The minimum absolute atomic E-state index is 0.0586. The van der Waals surface area contributed by atoms with Crippen molar-refractivity contribution in [3.8, 4) is 0 Å². The lowest BCUT2D eigenvalue weighted by molar-refractivity contribution is -0.116. The van der Waals surface area contributed by atoms with E-state index in [-0.39, 0.29) is 17.7 Å². The SMILES string of the molecule is CCCc1cc2nnc(SCC(=O)N3c4ccccc4CC3C)n2c(N)n1. The molecule has 27 heavy (non-hydrogen) atoms. The number of benzene rings is 1. The van der Waals surface area contributed by atoms with Crippen LogP contribution in [0, 0.1) is 0 Å². The van der Waals surface area contributed by atoms with Crippen LogP contribution in [0.1, 0.15) is 31.5 Å². The van der Waals surface area contributed by atoms with Gasteiger partial charge < -0.3 is 10.6 Å². The first-order chi connectivity index (χ1) is 13.1. The summed E-state index contributed by atoms with van der Waals surface area (Å²) in [6.07, 6.45) is 2.72. The number of carbonyl (C=O) groups is 1. The molecule has 4 rings (SSSR count). The van der Waals surface area contributed by atoms with E-state index in [2.05, 4.69) is 35.1 Å². The minimum Gasteiger partial charge on any atom is -0.369 e. The van der Waals surface area contributed by atoms with E-state index < -0.39 is 0 Å². The fourth-order valence-corrected chi connectivity index (χ4v) is 4.39. The number of rotatable bonds is 5. The summed E-state index contributed by atoms with van der Waals surface area (Å²) in [6.45, 7) is 4.17. The molecule has 1 amide bonds. The molecule has 3 heterocycles. The first-order valence-corrected chi connectivity index (χ1v) is 10.1. The van der Waals surface area contributed by atoms with Gasteiger partial charge in [0.05, 0.1) is 5.75 Å². The molecule has 0 saturated heterocycles. The van der Waals surface area contributed by atoms with Crippen molar-refractivity contribution >= 4 is 35.0 Å². The fourth-order valence-electron chi connectivity index (χ4n) is 3.59. The molecule has 1 unspecified atom stereocenters. The number of carbonyl (C=O) groups excluding carboxylic acids is 1. The van der Waals surface area contributed by atoms with E-state index in [1.165, 1.54) is 17.3 Å². The van der Waals surface area contributed by atoms with E-state index in [4.69, 9.17) is 5.73 Å². The van der Waals surface area contributed by atoms with Crippen LogP contribution in [0.5, 0.6) is 0 Å². The monoisotopic (exact) mass is 382 g/mol. The van der Waals surface area contributed by atoms with Gasteiger partial charge in [0.1, 0.15) is 0 Å². The van der Waals surface area contributed by atoms with Crippen LogP contribution in [0.15, 0.2) is 35.5 Å². The molecule has 0 aliphatic carbocycles. The van der Waals surface area contributed by atoms with Crippen molar-refractivity contribution in [3.63, 3.8) is 0 Å². The Morgan fingerprint density at radius 2 is 2.15 bits per heavy atom. The van der Waals surface area contributed by atoms with Crippen LogP contribution >= 0.6 is 11.8 Å². The van der Waals surface area contributed by atoms with Crippen LogP contribution in [0.25, 0.3) is 5.65 Å². The lowest BCUT2D eigenvalue weighted by Gasteiger charge is -2.22. The van der Waals surface area contributed by atoms with Gasteiger partial charge in [-0.2, -0.15) is 0 Å². The zero-order chi connectivity index (χ0) is 19.0. The van der Waals surface area contributed by atoms with Gasteiger partial charge >= 0.3 is 0 Å². The molecule has 3 aromatic rings. The lowest BCUT2D eigenvalue weighted by atomic mass is 10.1. The molecular formula is C19H22N6OS. The number of para-hydroxylation sites is 1. The highest BCUT2D eigenvalue weighted by Gasteiger charge is 2.30. The van der Waals surface area contributed by atoms with Crippen molar-refractivity contribution < 1.29 is 4.79 Å². The first-order valence-electron chi connectivity index (χ1n) is 9.11. The number of hydrogen-bond acceptors (Lipinski definition) is 6. The molecule has 140 valence electrons. The average Bonchev–Trinajstić information content (AvgIpc) is 3.20. The number of aromatic nitrogens is 4. The molecule has 7 nitrogen and oxygen atoms in total. The van der Waals surface area contributed by atoms with Crippen molar-refractivity contribution in [2.24, 2.45) is 0 Å². The quantitative estimate of drug-likeness (QED) is 0.683. The number of nitrogen functional groups attached to an aromatic ring is 1. The van der Waals surface area contributed by atoms with Crippen molar-refractivity contribution in [1.82, 2.24) is 19.6 Å². The molecular weight excluding hydrogens is 360 g/mol. The largest absolute Gasteiger partial charge is 0.369 e. The number of fused-ring (bicyclic) bond motifs is 2. The van der Waals surface area contributed by atoms with Gasteiger partial charge in [-0.15, -0.1) is 10.2 Å². The normalized spacial score (nSPS) is 16.1. The molecule has 8 heteroatoms. The van der Waals surface area contributed by atoms with Gasteiger partial charge in [0.2, 0.25) is 11.9 Å². The summed E-state index contributed by atoms with van der Waals surface area (Å²) in [5.41, 5.74) is 9.91. The Morgan fingerprint density at radius 3 is 2.96 bits per heavy atom. The number of aryl methyl sites for hydroxylation is 1. The van der Waals surface area contributed by atoms with Crippen molar-refractivity contribution in [1.29, 1.82) is 0 Å². The Kier molecular flexibility index (Phi) is 4.73. The fraction of sp³-hybridized carbons (Fsp3) is 0.368. The smallest absolute Gasteiger partial charge is 0.237 e. The van der Waals surface area contributed by atoms with E-state index in [0.717, 1.165) is 30.6 Å². The van der Waals surface area contributed by atoms with Gasteiger partial charge in [-0.3, -0.25) is 4.79 Å².